The highest BCUT2D eigenvalue weighted by atomic mass is 19.1. The number of nitrogens with zero attached hydrogens (tertiary/aromatic N) is 6. The first kappa shape index (κ1) is 18.2. The fourth-order valence-electron chi connectivity index (χ4n) is 2.70. The van der Waals surface area contributed by atoms with Crippen LogP contribution in [0.3, 0.4) is 0 Å². The van der Waals surface area contributed by atoms with Crippen molar-refractivity contribution in [1.29, 1.82) is 0 Å². The Morgan fingerprint density at radius 1 is 1.07 bits per heavy atom. The van der Waals surface area contributed by atoms with Gasteiger partial charge in [-0.15, -0.1) is 5.10 Å². The zero-order valence-electron chi connectivity index (χ0n) is 15.2. The van der Waals surface area contributed by atoms with E-state index in [4.69, 9.17) is 0 Å². The average Bonchev–Trinajstić information content (AvgIpc) is 3.15. The highest BCUT2D eigenvalue weighted by molar-refractivity contribution is 6.03. The number of carbonyl (C=O) groups excluding carboxylic acids is 1. The maximum absolute atomic E-state index is 13.1. The van der Waals surface area contributed by atoms with Gasteiger partial charge in [0.1, 0.15) is 11.5 Å². The molecule has 0 aliphatic carbocycles. The summed E-state index contributed by atoms with van der Waals surface area (Å²) < 4.78 is 15.7. The molecule has 0 spiro atoms. The number of benzene rings is 2. The van der Waals surface area contributed by atoms with Crippen LogP contribution in [0.2, 0.25) is 0 Å². The van der Waals surface area contributed by atoms with Crippen molar-refractivity contribution in [1.82, 2.24) is 30.0 Å². The van der Waals surface area contributed by atoms with Crippen LogP contribution in [0, 0.1) is 5.82 Å². The lowest BCUT2D eigenvalue weighted by Crippen LogP contribution is -2.24. The molecule has 0 saturated heterocycles. The zero-order valence-corrected chi connectivity index (χ0v) is 15.2. The van der Waals surface area contributed by atoms with Gasteiger partial charge >= 0.3 is 0 Å². The molecule has 29 heavy (non-hydrogen) atoms. The Balaban J connectivity index is 1.61. The summed E-state index contributed by atoms with van der Waals surface area (Å²) in [5.41, 5.74) is 1.17. The molecule has 2 aromatic carbocycles. The predicted octanol–water partition coefficient (Wildman–Crippen LogP) is 1.81. The van der Waals surface area contributed by atoms with Gasteiger partial charge in [0.2, 0.25) is 0 Å². The number of nitrogens with one attached hydrogen (secondary N) is 1. The second kappa shape index (κ2) is 7.43. The number of halogens is 1. The maximum atomic E-state index is 13.1. The van der Waals surface area contributed by atoms with Gasteiger partial charge in [-0.25, -0.2) is 9.07 Å². The summed E-state index contributed by atoms with van der Waals surface area (Å²) in [5, 5.41) is 18.1. The summed E-state index contributed by atoms with van der Waals surface area (Å²) in [6, 6.07) is 14.8. The van der Waals surface area contributed by atoms with Crippen LogP contribution in [0.1, 0.15) is 10.5 Å². The molecule has 0 fully saturated rings. The minimum absolute atomic E-state index is 0.0275. The van der Waals surface area contributed by atoms with Gasteiger partial charge in [-0.2, -0.15) is 9.78 Å². The minimum atomic E-state index is -0.505. The second-order valence-corrected chi connectivity index (χ2v) is 6.11. The molecular formula is C19H14FN7O2. The summed E-state index contributed by atoms with van der Waals surface area (Å²) in [6.07, 6.45) is 0. The van der Waals surface area contributed by atoms with Crippen LogP contribution < -0.4 is 10.9 Å². The normalized spacial score (nSPS) is 10.7. The number of anilines is 1. The molecule has 0 bridgehead atoms. The first-order chi connectivity index (χ1) is 14.0. The minimum Gasteiger partial charge on any atom is -0.321 e. The van der Waals surface area contributed by atoms with Gasteiger partial charge in [-0.05, 0) is 52.9 Å². The summed E-state index contributed by atoms with van der Waals surface area (Å²) in [4.78, 5) is 24.7. The first-order valence-electron chi connectivity index (χ1n) is 8.52. The van der Waals surface area contributed by atoms with Gasteiger partial charge in [-0.1, -0.05) is 12.1 Å². The fourth-order valence-corrected chi connectivity index (χ4v) is 2.70. The van der Waals surface area contributed by atoms with Crippen LogP contribution in [0.25, 0.3) is 17.1 Å². The Morgan fingerprint density at radius 2 is 1.86 bits per heavy atom. The molecule has 10 heteroatoms. The van der Waals surface area contributed by atoms with E-state index in [-0.39, 0.29) is 5.69 Å². The van der Waals surface area contributed by atoms with Gasteiger partial charge in [0, 0.05) is 24.4 Å². The van der Waals surface area contributed by atoms with Crippen molar-refractivity contribution in [3.05, 3.63) is 82.5 Å². The summed E-state index contributed by atoms with van der Waals surface area (Å²) in [5.74, 6) is -0.396. The van der Waals surface area contributed by atoms with E-state index in [0.717, 1.165) is 10.2 Å². The van der Waals surface area contributed by atoms with E-state index in [1.54, 1.807) is 25.2 Å². The zero-order chi connectivity index (χ0) is 20.4. The van der Waals surface area contributed by atoms with E-state index in [1.165, 1.54) is 41.1 Å². The number of rotatable bonds is 4. The molecule has 144 valence electrons. The third-order valence-electron chi connectivity index (χ3n) is 4.10. The van der Waals surface area contributed by atoms with E-state index in [1.807, 2.05) is 6.07 Å². The molecule has 2 aromatic heterocycles. The first-order valence-corrected chi connectivity index (χ1v) is 8.52. The smallest absolute Gasteiger partial charge is 0.276 e. The van der Waals surface area contributed by atoms with Crippen molar-refractivity contribution >= 4 is 11.6 Å². The molecule has 0 saturated carbocycles. The Morgan fingerprint density at radius 3 is 2.59 bits per heavy atom. The highest BCUT2D eigenvalue weighted by Gasteiger charge is 2.13. The number of tetrazole rings is 1. The van der Waals surface area contributed by atoms with Crippen molar-refractivity contribution in [2.45, 2.75) is 0 Å². The number of amides is 1. The van der Waals surface area contributed by atoms with Crippen LogP contribution >= 0.6 is 0 Å². The molecular weight excluding hydrogens is 377 g/mol. The Hall–Kier alpha value is -4.21. The Kier molecular flexibility index (Phi) is 4.65. The van der Waals surface area contributed by atoms with Gasteiger partial charge < -0.3 is 5.32 Å². The molecule has 4 rings (SSSR count). The highest BCUT2D eigenvalue weighted by Crippen LogP contribution is 2.20. The number of carbonyl (C=O) groups is 1. The van der Waals surface area contributed by atoms with Crippen molar-refractivity contribution in [3.8, 4) is 17.1 Å². The average molecular weight is 391 g/mol. The van der Waals surface area contributed by atoms with Gasteiger partial charge in [0.15, 0.2) is 5.82 Å². The summed E-state index contributed by atoms with van der Waals surface area (Å²) >= 11 is 0. The number of hydrogen-bond acceptors (Lipinski definition) is 6. The van der Waals surface area contributed by atoms with Crippen molar-refractivity contribution in [2.24, 2.45) is 7.05 Å². The largest absolute Gasteiger partial charge is 0.321 e. The molecule has 9 nitrogen and oxygen atoms in total. The number of aromatic nitrogens is 6. The molecule has 1 amide bonds. The molecule has 4 aromatic rings. The lowest BCUT2D eigenvalue weighted by molar-refractivity contribution is 0.102. The number of aryl methyl sites for hydroxylation is 1. The predicted molar refractivity (Wildman–Crippen MR) is 102 cm³/mol. The molecule has 0 aliphatic rings. The molecule has 1 N–H and O–H groups in total. The Bertz CT molecular complexity index is 1250. The van der Waals surface area contributed by atoms with Crippen LogP contribution in [0.4, 0.5) is 10.1 Å². The van der Waals surface area contributed by atoms with Crippen LogP contribution in [-0.2, 0) is 7.05 Å². The Labute approximate surface area is 163 Å². The van der Waals surface area contributed by atoms with E-state index >= 15 is 0 Å². The lowest BCUT2D eigenvalue weighted by Gasteiger charge is -2.09. The molecule has 0 aliphatic heterocycles. The fraction of sp³-hybridized carbons (Fsp3) is 0.0526. The second-order valence-electron chi connectivity index (χ2n) is 6.11. The van der Waals surface area contributed by atoms with E-state index < -0.39 is 17.3 Å². The van der Waals surface area contributed by atoms with E-state index in [0.29, 0.717) is 17.2 Å². The third kappa shape index (κ3) is 3.76. The van der Waals surface area contributed by atoms with Crippen LogP contribution in [-0.4, -0.2) is 35.9 Å². The standard InChI is InChI=1S/C19H14FN7O2/c1-26-18(22-24-25-26)12-3-2-4-14(11-12)21-19(29)16-9-10-17(28)27(23-16)15-7-5-13(20)6-8-15/h2-11H,1H3,(H,21,29). The molecule has 0 unspecified atom stereocenters. The van der Waals surface area contributed by atoms with Gasteiger partial charge in [0.05, 0.1) is 5.69 Å². The maximum Gasteiger partial charge on any atom is 0.276 e. The molecule has 0 radical (unpaired) electrons. The monoisotopic (exact) mass is 391 g/mol. The quantitative estimate of drug-likeness (QED) is 0.569. The van der Waals surface area contributed by atoms with Gasteiger partial charge in [-0.3, -0.25) is 9.59 Å². The van der Waals surface area contributed by atoms with Gasteiger partial charge in [0.25, 0.3) is 11.5 Å². The summed E-state index contributed by atoms with van der Waals surface area (Å²) in [7, 11) is 1.71. The third-order valence-corrected chi connectivity index (χ3v) is 4.10. The molecule has 2 heterocycles. The van der Waals surface area contributed by atoms with E-state index in [2.05, 4.69) is 25.9 Å². The molecule has 0 atom stereocenters. The number of hydrogen-bond donors (Lipinski definition) is 1. The lowest BCUT2D eigenvalue weighted by atomic mass is 10.2. The SMILES string of the molecule is Cn1nnnc1-c1cccc(NC(=O)c2ccc(=O)n(-c3ccc(F)cc3)n2)c1. The van der Waals surface area contributed by atoms with Crippen LogP contribution in [0.15, 0.2) is 65.5 Å². The van der Waals surface area contributed by atoms with E-state index in [9.17, 15) is 14.0 Å². The topological polar surface area (TPSA) is 108 Å². The van der Waals surface area contributed by atoms with Crippen molar-refractivity contribution in [2.75, 3.05) is 5.32 Å². The van der Waals surface area contributed by atoms with Crippen molar-refractivity contribution in [3.63, 3.8) is 0 Å². The van der Waals surface area contributed by atoms with Crippen LogP contribution in [0.5, 0.6) is 0 Å². The summed E-state index contributed by atoms with van der Waals surface area (Å²) in [6.45, 7) is 0. The van der Waals surface area contributed by atoms with Crippen molar-refractivity contribution < 1.29 is 9.18 Å².